The van der Waals surface area contributed by atoms with Crippen LogP contribution < -0.4 is 4.74 Å². The highest BCUT2D eigenvalue weighted by Crippen LogP contribution is 2.18. The van der Waals surface area contributed by atoms with Crippen molar-refractivity contribution >= 4 is 11.1 Å². The summed E-state index contributed by atoms with van der Waals surface area (Å²) in [5, 5.41) is 0. The SMILES string of the molecule is COc1ccc(S(=O)[O-])c(C)c1. The Balaban J connectivity index is 3.12. The summed E-state index contributed by atoms with van der Waals surface area (Å²) < 4.78 is 26.1. The monoisotopic (exact) mass is 185 g/mol. The van der Waals surface area contributed by atoms with Crippen molar-refractivity contribution in [2.24, 2.45) is 0 Å². The molecule has 12 heavy (non-hydrogen) atoms. The first-order valence-electron chi connectivity index (χ1n) is 3.39. The fourth-order valence-corrected chi connectivity index (χ4v) is 1.44. The summed E-state index contributed by atoms with van der Waals surface area (Å²) in [6, 6.07) is 4.83. The van der Waals surface area contributed by atoms with E-state index in [9.17, 15) is 8.76 Å². The molecule has 0 spiro atoms. The fourth-order valence-electron chi connectivity index (χ4n) is 0.936. The lowest BCUT2D eigenvalue weighted by molar-refractivity contribution is 0.414. The lowest BCUT2D eigenvalue weighted by atomic mass is 10.2. The van der Waals surface area contributed by atoms with E-state index in [0.29, 0.717) is 16.2 Å². The number of aryl methyl sites for hydroxylation is 1. The molecule has 1 aromatic rings. The van der Waals surface area contributed by atoms with Gasteiger partial charge in [0.25, 0.3) is 0 Å². The van der Waals surface area contributed by atoms with Crippen LogP contribution in [-0.4, -0.2) is 15.9 Å². The topological polar surface area (TPSA) is 49.4 Å². The zero-order chi connectivity index (χ0) is 9.14. The van der Waals surface area contributed by atoms with Crippen LogP contribution in [0.4, 0.5) is 0 Å². The van der Waals surface area contributed by atoms with Gasteiger partial charge in [-0.2, -0.15) is 0 Å². The molecule has 0 aromatic heterocycles. The molecule has 0 aliphatic heterocycles. The maximum atomic E-state index is 10.6. The van der Waals surface area contributed by atoms with Gasteiger partial charge in [-0.3, -0.25) is 4.21 Å². The van der Waals surface area contributed by atoms with Crippen LogP contribution in [0, 0.1) is 6.92 Å². The highest BCUT2D eigenvalue weighted by molar-refractivity contribution is 7.79. The van der Waals surface area contributed by atoms with Gasteiger partial charge in [0.1, 0.15) is 5.75 Å². The van der Waals surface area contributed by atoms with Crippen molar-refractivity contribution in [3.8, 4) is 5.75 Å². The average molecular weight is 185 g/mol. The normalized spacial score (nSPS) is 12.6. The Hall–Kier alpha value is -0.870. The standard InChI is InChI=1S/C8H10O3S/c1-6-5-7(11-2)3-4-8(6)12(9)10/h3-5H,1-2H3,(H,9,10)/p-1. The summed E-state index contributed by atoms with van der Waals surface area (Å²) in [4.78, 5) is 0.316. The largest absolute Gasteiger partial charge is 0.768 e. The summed E-state index contributed by atoms with van der Waals surface area (Å²) >= 11 is -2.16. The van der Waals surface area contributed by atoms with E-state index in [2.05, 4.69) is 0 Å². The van der Waals surface area contributed by atoms with E-state index in [1.165, 1.54) is 6.07 Å². The molecule has 1 atom stereocenters. The molecule has 0 bridgehead atoms. The second kappa shape index (κ2) is 3.69. The van der Waals surface area contributed by atoms with Crippen molar-refractivity contribution in [1.29, 1.82) is 0 Å². The molecule has 0 aliphatic carbocycles. The predicted octanol–water partition coefficient (Wildman–Crippen LogP) is 1.24. The number of ether oxygens (including phenoxy) is 1. The molecule has 4 heteroatoms. The van der Waals surface area contributed by atoms with Crippen LogP contribution >= 0.6 is 0 Å². The van der Waals surface area contributed by atoms with Gasteiger partial charge in [-0.1, -0.05) is 0 Å². The number of hydrogen-bond acceptors (Lipinski definition) is 3. The molecule has 0 N–H and O–H groups in total. The molecule has 0 radical (unpaired) electrons. The van der Waals surface area contributed by atoms with Gasteiger partial charge in [-0.15, -0.1) is 0 Å². The molecular weight excluding hydrogens is 176 g/mol. The lowest BCUT2D eigenvalue weighted by Crippen LogP contribution is -1.93. The summed E-state index contributed by atoms with van der Waals surface area (Å²) in [5.41, 5.74) is 0.697. The number of methoxy groups -OCH3 is 1. The Kier molecular flexibility index (Phi) is 2.83. The Morgan fingerprint density at radius 2 is 2.17 bits per heavy atom. The zero-order valence-corrected chi connectivity index (χ0v) is 7.68. The maximum Gasteiger partial charge on any atom is 0.119 e. The van der Waals surface area contributed by atoms with E-state index in [0.717, 1.165) is 0 Å². The fraction of sp³-hybridized carbons (Fsp3) is 0.250. The molecule has 0 heterocycles. The molecule has 0 aliphatic rings. The predicted molar refractivity (Wildman–Crippen MR) is 44.9 cm³/mol. The summed E-state index contributed by atoms with van der Waals surface area (Å²) in [5.74, 6) is 0.668. The van der Waals surface area contributed by atoms with Crippen molar-refractivity contribution in [1.82, 2.24) is 0 Å². The van der Waals surface area contributed by atoms with E-state index in [4.69, 9.17) is 4.74 Å². The first kappa shape index (κ1) is 9.22. The first-order chi connectivity index (χ1) is 5.65. The number of rotatable bonds is 2. The van der Waals surface area contributed by atoms with Crippen molar-refractivity contribution in [2.75, 3.05) is 7.11 Å². The minimum Gasteiger partial charge on any atom is -0.768 e. The molecule has 3 nitrogen and oxygen atoms in total. The molecule has 0 saturated heterocycles. The molecular formula is C8H9O3S-. The molecule has 0 fully saturated rings. The van der Waals surface area contributed by atoms with E-state index >= 15 is 0 Å². The second-order valence-electron chi connectivity index (χ2n) is 2.37. The Morgan fingerprint density at radius 1 is 1.50 bits per heavy atom. The minimum atomic E-state index is -2.16. The second-order valence-corrected chi connectivity index (χ2v) is 3.28. The third-order valence-corrected chi connectivity index (χ3v) is 2.38. The van der Waals surface area contributed by atoms with Gasteiger partial charge >= 0.3 is 0 Å². The quantitative estimate of drug-likeness (QED) is 0.651. The van der Waals surface area contributed by atoms with Crippen molar-refractivity contribution in [2.45, 2.75) is 11.8 Å². The van der Waals surface area contributed by atoms with Gasteiger partial charge < -0.3 is 9.29 Å². The summed E-state index contributed by atoms with van der Waals surface area (Å²) in [6.45, 7) is 1.73. The lowest BCUT2D eigenvalue weighted by Gasteiger charge is -2.09. The Bertz CT molecular complexity index is 309. The highest BCUT2D eigenvalue weighted by atomic mass is 32.2. The third kappa shape index (κ3) is 1.84. The molecule has 0 amide bonds. The van der Waals surface area contributed by atoms with Gasteiger partial charge in [0, 0.05) is 4.90 Å². The van der Waals surface area contributed by atoms with Crippen LogP contribution in [0.1, 0.15) is 5.56 Å². The van der Waals surface area contributed by atoms with Crippen LogP contribution in [0.5, 0.6) is 5.75 Å². The number of benzene rings is 1. The van der Waals surface area contributed by atoms with Gasteiger partial charge in [-0.25, -0.2) is 0 Å². The van der Waals surface area contributed by atoms with Crippen LogP contribution in [0.2, 0.25) is 0 Å². The molecule has 1 aromatic carbocycles. The van der Waals surface area contributed by atoms with E-state index in [1.54, 1.807) is 26.2 Å². The van der Waals surface area contributed by atoms with Crippen LogP contribution in [0.3, 0.4) is 0 Å². The summed E-state index contributed by atoms with van der Waals surface area (Å²) in [7, 11) is 1.54. The third-order valence-electron chi connectivity index (χ3n) is 1.56. The van der Waals surface area contributed by atoms with Gasteiger partial charge in [-0.05, 0) is 41.8 Å². The van der Waals surface area contributed by atoms with Crippen LogP contribution in [-0.2, 0) is 11.1 Å². The minimum absolute atomic E-state index is 0.316. The van der Waals surface area contributed by atoms with E-state index in [-0.39, 0.29) is 0 Å². The Labute approximate surface area is 73.7 Å². The average Bonchev–Trinajstić information content (AvgIpc) is 2.03. The zero-order valence-electron chi connectivity index (χ0n) is 6.87. The Morgan fingerprint density at radius 3 is 2.58 bits per heavy atom. The molecule has 66 valence electrons. The van der Waals surface area contributed by atoms with Crippen LogP contribution in [0.15, 0.2) is 23.1 Å². The maximum absolute atomic E-state index is 10.6. The van der Waals surface area contributed by atoms with Crippen molar-refractivity contribution in [3.63, 3.8) is 0 Å². The van der Waals surface area contributed by atoms with Crippen molar-refractivity contribution in [3.05, 3.63) is 23.8 Å². The first-order valence-corrected chi connectivity index (χ1v) is 4.46. The van der Waals surface area contributed by atoms with Gasteiger partial charge in [0.2, 0.25) is 0 Å². The van der Waals surface area contributed by atoms with E-state index in [1.807, 2.05) is 0 Å². The highest BCUT2D eigenvalue weighted by Gasteiger charge is 1.99. The smallest absolute Gasteiger partial charge is 0.119 e. The van der Waals surface area contributed by atoms with E-state index < -0.39 is 11.1 Å². The number of hydrogen-bond donors (Lipinski definition) is 0. The van der Waals surface area contributed by atoms with Crippen LogP contribution in [0.25, 0.3) is 0 Å². The molecule has 1 rings (SSSR count). The summed E-state index contributed by atoms with van der Waals surface area (Å²) in [6.07, 6.45) is 0. The van der Waals surface area contributed by atoms with Gasteiger partial charge in [0.05, 0.1) is 7.11 Å². The molecule has 0 saturated carbocycles. The molecule has 1 unspecified atom stereocenters. The van der Waals surface area contributed by atoms with Gasteiger partial charge in [0.15, 0.2) is 0 Å². The van der Waals surface area contributed by atoms with Crippen molar-refractivity contribution < 1.29 is 13.5 Å².